The van der Waals surface area contributed by atoms with E-state index >= 15 is 0 Å². The average molecular weight is 288 g/mol. The summed E-state index contributed by atoms with van der Waals surface area (Å²) >= 11 is 5.74. The van der Waals surface area contributed by atoms with Crippen molar-refractivity contribution in [3.63, 3.8) is 0 Å². The molecule has 0 bridgehead atoms. The van der Waals surface area contributed by atoms with Crippen LogP contribution in [0.1, 0.15) is 20.3 Å². The largest absolute Gasteiger partial charge is 0.488 e. The van der Waals surface area contributed by atoms with Gasteiger partial charge in [-0.1, -0.05) is 18.5 Å². The highest BCUT2D eigenvalue weighted by molar-refractivity contribution is 6.30. The molecule has 0 aliphatic heterocycles. The van der Waals surface area contributed by atoms with Gasteiger partial charge in [0.1, 0.15) is 23.8 Å². The maximum absolute atomic E-state index is 13.1. The predicted molar refractivity (Wildman–Crippen MR) is 73.3 cm³/mol. The molecule has 0 aromatic heterocycles. The quantitative estimate of drug-likeness (QED) is 0.872. The lowest BCUT2D eigenvalue weighted by molar-refractivity contribution is -0.104. The van der Waals surface area contributed by atoms with Gasteiger partial charge in [-0.15, -0.1) is 0 Å². The molecule has 3 unspecified atom stereocenters. The summed E-state index contributed by atoms with van der Waals surface area (Å²) in [5, 5.41) is 3.44. The number of halogens is 2. The molecule has 3 atom stereocenters. The van der Waals surface area contributed by atoms with Crippen LogP contribution in [0.4, 0.5) is 4.39 Å². The molecule has 5 heteroatoms. The third-order valence-corrected chi connectivity index (χ3v) is 3.54. The zero-order chi connectivity index (χ0) is 13.8. The fourth-order valence-corrected chi connectivity index (χ4v) is 2.47. The molecular weight excluding hydrogens is 269 g/mol. The predicted octanol–water partition coefficient (Wildman–Crippen LogP) is 3.01. The van der Waals surface area contributed by atoms with E-state index < -0.39 is 5.82 Å². The molecule has 1 fully saturated rings. The van der Waals surface area contributed by atoms with E-state index in [0.29, 0.717) is 18.4 Å². The van der Waals surface area contributed by atoms with Crippen molar-refractivity contribution in [3.8, 4) is 5.75 Å². The van der Waals surface area contributed by atoms with Crippen LogP contribution < -0.4 is 10.1 Å². The Labute approximate surface area is 118 Å². The third-order valence-electron chi connectivity index (χ3n) is 3.25. The van der Waals surface area contributed by atoms with Crippen molar-refractivity contribution < 1.29 is 13.9 Å². The second-order valence-corrected chi connectivity index (χ2v) is 4.96. The van der Waals surface area contributed by atoms with E-state index in [0.717, 1.165) is 13.0 Å². The van der Waals surface area contributed by atoms with Crippen LogP contribution in [0.3, 0.4) is 0 Å². The molecule has 0 radical (unpaired) electrons. The number of likely N-dealkylation sites (N-methyl/N-ethyl adjacent to an activating group) is 1. The van der Waals surface area contributed by atoms with Crippen molar-refractivity contribution in [1.29, 1.82) is 0 Å². The summed E-state index contributed by atoms with van der Waals surface area (Å²) in [7, 11) is 0. The number of benzene rings is 1. The Hall–Kier alpha value is -0.840. The molecule has 106 valence electrons. The Morgan fingerprint density at radius 2 is 2.21 bits per heavy atom. The average Bonchev–Trinajstić information content (AvgIpc) is 2.39. The molecule has 1 N–H and O–H groups in total. The lowest BCUT2D eigenvalue weighted by atomic mass is 9.85. The van der Waals surface area contributed by atoms with Crippen molar-refractivity contribution >= 4 is 11.6 Å². The van der Waals surface area contributed by atoms with Crippen LogP contribution in [0.25, 0.3) is 0 Å². The first-order valence-corrected chi connectivity index (χ1v) is 7.00. The molecule has 0 amide bonds. The van der Waals surface area contributed by atoms with E-state index in [1.54, 1.807) is 6.07 Å². The third kappa shape index (κ3) is 3.38. The van der Waals surface area contributed by atoms with E-state index in [1.165, 1.54) is 12.1 Å². The SMILES string of the molecule is CCNC1CC(Oc2ccc(F)c(Cl)c2)C1OCC. The number of nitrogens with one attached hydrogen (secondary N) is 1. The first-order valence-electron chi connectivity index (χ1n) is 6.62. The van der Waals surface area contributed by atoms with Gasteiger partial charge in [-0.05, 0) is 25.6 Å². The molecule has 1 aromatic carbocycles. The molecule has 1 saturated carbocycles. The van der Waals surface area contributed by atoms with E-state index in [2.05, 4.69) is 12.2 Å². The number of ether oxygens (including phenoxy) is 2. The summed E-state index contributed by atoms with van der Waals surface area (Å²) in [5.74, 6) is 0.144. The molecule has 19 heavy (non-hydrogen) atoms. The highest BCUT2D eigenvalue weighted by atomic mass is 35.5. The fraction of sp³-hybridized carbons (Fsp3) is 0.571. The van der Waals surface area contributed by atoms with Gasteiger partial charge in [0, 0.05) is 25.1 Å². The summed E-state index contributed by atoms with van der Waals surface area (Å²) < 4.78 is 24.6. The summed E-state index contributed by atoms with van der Waals surface area (Å²) in [6.07, 6.45) is 0.910. The van der Waals surface area contributed by atoms with Gasteiger partial charge < -0.3 is 14.8 Å². The minimum absolute atomic E-state index is 0.00877. The van der Waals surface area contributed by atoms with Crippen LogP contribution in [-0.2, 0) is 4.74 Å². The first kappa shape index (κ1) is 14.6. The van der Waals surface area contributed by atoms with Gasteiger partial charge in [0.15, 0.2) is 0 Å². The molecule has 1 aliphatic rings. The van der Waals surface area contributed by atoms with Crippen molar-refractivity contribution in [2.24, 2.45) is 0 Å². The van der Waals surface area contributed by atoms with Gasteiger partial charge >= 0.3 is 0 Å². The minimum Gasteiger partial charge on any atom is -0.488 e. The molecule has 0 saturated heterocycles. The number of hydrogen-bond acceptors (Lipinski definition) is 3. The lowest BCUT2D eigenvalue weighted by Gasteiger charge is -2.44. The van der Waals surface area contributed by atoms with Crippen LogP contribution in [0.2, 0.25) is 5.02 Å². The maximum Gasteiger partial charge on any atom is 0.142 e. The van der Waals surface area contributed by atoms with E-state index in [4.69, 9.17) is 21.1 Å². The Morgan fingerprint density at radius 1 is 1.42 bits per heavy atom. The summed E-state index contributed by atoms with van der Waals surface area (Å²) in [6, 6.07) is 4.73. The van der Waals surface area contributed by atoms with Crippen LogP contribution in [0.5, 0.6) is 5.75 Å². The molecule has 3 nitrogen and oxygen atoms in total. The standard InChI is InChI=1S/C14H19ClFNO2/c1-3-17-12-8-13(14(12)18-4-2)19-9-5-6-11(16)10(15)7-9/h5-7,12-14,17H,3-4,8H2,1-2H3. The van der Waals surface area contributed by atoms with Gasteiger partial charge in [-0.2, -0.15) is 0 Å². The smallest absolute Gasteiger partial charge is 0.142 e. The molecule has 0 spiro atoms. The Kier molecular flexibility index (Phi) is 5.02. The van der Waals surface area contributed by atoms with Crippen molar-refractivity contribution in [2.45, 2.75) is 38.5 Å². The molecule has 0 heterocycles. The lowest BCUT2D eigenvalue weighted by Crippen LogP contribution is -2.61. The second kappa shape index (κ2) is 6.55. The van der Waals surface area contributed by atoms with Crippen molar-refractivity contribution in [1.82, 2.24) is 5.32 Å². The highest BCUT2D eigenvalue weighted by Gasteiger charge is 2.43. The monoisotopic (exact) mass is 287 g/mol. The molecular formula is C14H19ClFNO2. The zero-order valence-corrected chi connectivity index (χ0v) is 11.9. The van der Waals surface area contributed by atoms with Gasteiger partial charge in [0.25, 0.3) is 0 Å². The normalized spacial score (nSPS) is 26.0. The zero-order valence-electron chi connectivity index (χ0n) is 11.2. The molecule has 1 aromatic rings. The van der Waals surface area contributed by atoms with E-state index in [-0.39, 0.29) is 17.2 Å². The second-order valence-electron chi connectivity index (χ2n) is 4.55. The number of hydrogen-bond donors (Lipinski definition) is 1. The van der Waals surface area contributed by atoms with E-state index in [9.17, 15) is 4.39 Å². The fourth-order valence-electron chi connectivity index (χ4n) is 2.30. The first-order chi connectivity index (χ1) is 9.15. The summed E-state index contributed by atoms with van der Waals surface area (Å²) in [6.45, 7) is 5.59. The van der Waals surface area contributed by atoms with Gasteiger partial charge in [0.05, 0.1) is 5.02 Å². The molecule has 2 rings (SSSR count). The van der Waals surface area contributed by atoms with Gasteiger partial charge in [0.2, 0.25) is 0 Å². The van der Waals surface area contributed by atoms with E-state index in [1.807, 2.05) is 6.92 Å². The summed E-state index contributed by atoms with van der Waals surface area (Å²) in [4.78, 5) is 0. The van der Waals surface area contributed by atoms with Crippen LogP contribution in [-0.4, -0.2) is 31.4 Å². The van der Waals surface area contributed by atoms with Crippen LogP contribution >= 0.6 is 11.6 Å². The van der Waals surface area contributed by atoms with Crippen LogP contribution in [0, 0.1) is 5.82 Å². The van der Waals surface area contributed by atoms with Crippen LogP contribution in [0.15, 0.2) is 18.2 Å². The molecule has 1 aliphatic carbocycles. The van der Waals surface area contributed by atoms with Crippen molar-refractivity contribution in [2.75, 3.05) is 13.2 Å². The topological polar surface area (TPSA) is 30.5 Å². The van der Waals surface area contributed by atoms with Crippen molar-refractivity contribution in [3.05, 3.63) is 29.0 Å². The Morgan fingerprint density at radius 3 is 2.84 bits per heavy atom. The van der Waals surface area contributed by atoms with Gasteiger partial charge in [-0.3, -0.25) is 0 Å². The summed E-state index contributed by atoms with van der Waals surface area (Å²) in [5.41, 5.74) is 0. The Balaban J connectivity index is 1.96. The highest BCUT2D eigenvalue weighted by Crippen LogP contribution is 2.30. The number of rotatable bonds is 6. The van der Waals surface area contributed by atoms with Gasteiger partial charge in [-0.25, -0.2) is 4.39 Å². The Bertz CT molecular complexity index is 430. The minimum atomic E-state index is -0.436. The maximum atomic E-state index is 13.1.